The molecule has 0 unspecified atom stereocenters. The summed E-state index contributed by atoms with van der Waals surface area (Å²) in [5.74, 6) is -0.924. The van der Waals surface area contributed by atoms with Crippen LogP contribution >= 0.6 is 19.8 Å². The fraction of sp³-hybridized carbons (Fsp3) is 0.222. The van der Waals surface area contributed by atoms with Gasteiger partial charge in [0.15, 0.2) is 0 Å². The molecule has 0 aliphatic heterocycles. The summed E-state index contributed by atoms with van der Waals surface area (Å²) in [6.07, 6.45) is 0. The third-order valence-corrected chi connectivity index (χ3v) is 4.16. The van der Waals surface area contributed by atoms with Crippen LogP contribution < -0.4 is 4.74 Å². The summed E-state index contributed by atoms with van der Waals surface area (Å²) in [6, 6.07) is 2.72. The quantitative estimate of drug-likeness (QED) is 0.861. The molecule has 1 N–H and O–H groups in total. The minimum atomic E-state index is -3.80. The maximum Gasteiger partial charge on any atom is 0.341 e. The molecule has 1 aromatic carbocycles. The molecule has 1 rings (SSSR count). The molecule has 0 amide bonds. The summed E-state index contributed by atoms with van der Waals surface area (Å²) in [6.45, 7) is 1.55. The Hall–Kier alpha value is -1.18. The standard InChI is InChI=1S/C9H9IO5/c1-5-3-6(15-2)4-7(9(11)12)8(5)10(13)14/h3-4H,1-2H3,(H,11,12). The predicted octanol–water partition coefficient (Wildman–Crippen LogP) is 2.07. The van der Waals surface area contributed by atoms with Crippen LogP contribution in [0.4, 0.5) is 0 Å². The molecular formula is C9H9IO5. The van der Waals surface area contributed by atoms with Gasteiger partial charge in [0.05, 0.1) is 16.2 Å². The molecule has 0 spiro atoms. The lowest BCUT2D eigenvalue weighted by Crippen LogP contribution is -2.03. The van der Waals surface area contributed by atoms with Crippen LogP contribution in [0, 0.1) is 10.5 Å². The SMILES string of the molecule is COc1cc(C)c(I(=O)=O)c(C(=O)O)c1. The molecule has 0 bridgehead atoms. The number of benzene rings is 1. The van der Waals surface area contributed by atoms with E-state index >= 15 is 0 Å². The van der Waals surface area contributed by atoms with Crippen LogP contribution in [0.2, 0.25) is 0 Å². The first-order valence-corrected chi connectivity index (χ1v) is 6.78. The highest BCUT2D eigenvalue weighted by Gasteiger charge is 2.18. The van der Waals surface area contributed by atoms with Gasteiger partial charge < -0.3 is 9.84 Å². The van der Waals surface area contributed by atoms with E-state index in [1.807, 2.05) is 0 Å². The summed E-state index contributed by atoms with van der Waals surface area (Å²) >= 11 is -3.80. The van der Waals surface area contributed by atoms with Crippen molar-refractivity contribution in [2.75, 3.05) is 7.11 Å². The lowest BCUT2D eigenvalue weighted by Gasteiger charge is -2.06. The molecule has 15 heavy (non-hydrogen) atoms. The fourth-order valence-corrected chi connectivity index (χ4v) is 2.93. The lowest BCUT2D eigenvalue weighted by atomic mass is 10.1. The van der Waals surface area contributed by atoms with Crippen molar-refractivity contribution in [2.45, 2.75) is 6.92 Å². The predicted molar refractivity (Wildman–Crippen MR) is 58.8 cm³/mol. The van der Waals surface area contributed by atoms with E-state index in [4.69, 9.17) is 9.84 Å². The Morgan fingerprint density at radius 3 is 2.40 bits per heavy atom. The second kappa shape index (κ2) is 4.56. The van der Waals surface area contributed by atoms with Crippen molar-refractivity contribution in [3.63, 3.8) is 0 Å². The van der Waals surface area contributed by atoms with Crippen molar-refractivity contribution in [1.82, 2.24) is 0 Å². The number of aromatic carboxylic acids is 1. The summed E-state index contributed by atoms with van der Waals surface area (Å²) in [5, 5.41) is 8.85. The highest BCUT2D eigenvalue weighted by atomic mass is 127. The van der Waals surface area contributed by atoms with Gasteiger partial charge in [-0.3, -0.25) is 0 Å². The Kier molecular flexibility index (Phi) is 3.61. The molecule has 0 fully saturated rings. The Balaban J connectivity index is 3.56. The number of rotatable bonds is 3. The molecule has 5 nitrogen and oxygen atoms in total. The Morgan fingerprint density at radius 1 is 1.40 bits per heavy atom. The average Bonchev–Trinajstić information content (AvgIpc) is 2.15. The molecular weight excluding hydrogens is 315 g/mol. The third kappa shape index (κ3) is 2.44. The van der Waals surface area contributed by atoms with Crippen LogP contribution in [-0.2, 0) is 6.14 Å². The zero-order valence-corrected chi connectivity index (χ0v) is 10.3. The van der Waals surface area contributed by atoms with Gasteiger partial charge in [-0.1, -0.05) is 0 Å². The van der Waals surface area contributed by atoms with Crippen LogP contribution in [0.25, 0.3) is 0 Å². The molecule has 0 saturated heterocycles. The first-order chi connectivity index (χ1) is 6.97. The first-order valence-electron chi connectivity index (χ1n) is 3.94. The van der Waals surface area contributed by atoms with Crippen molar-refractivity contribution in [3.05, 3.63) is 26.8 Å². The van der Waals surface area contributed by atoms with E-state index in [1.165, 1.54) is 19.2 Å². The molecule has 0 aliphatic rings. The number of methoxy groups -OCH3 is 1. The summed E-state index contributed by atoms with van der Waals surface area (Å²) in [4.78, 5) is 10.8. The van der Waals surface area contributed by atoms with Crippen LogP contribution in [0.15, 0.2) is 12.1 Å². The fourth-order valence-electron chi connectivity index (χ4n) is 1.21. The van der Waals surface area contributed by atoms with Gasteiger partial charge >= 0.3 is 25.8 Å². The van der Waals surface area contributed by atoms with Gasteiger partial charge in [0.1, 0.15) is 5.75 Å². The van der Waals surface area contributed by atoms with Gasteiger partial charge in [0.25, 0.3) is 0 Å². The Labute approximate surface area is 93.2 Å². The molecule has 6 heteroatoms. The van der Waals surface area contributed by atoms with Crippen molar-refractivity contribution < 1.29 is 20.8 Å². The number of aryl methyl sites for hydroxylation is 1. The van der Waals surface area contributed by atoms with Gasteiger partial charge in [-0.2, -0.15) is 0 Å². The van der Waals surface area contributed by atoms with E-state index in [2.05, 4.69) is 0 Å². The number of hydrogen-bond acceptors (Lipinski definition) is 4. The van der Waals surface area contributed by atoms with Crippen LogP contribution in [0.3, 0.4) is 0 Å². The van der Waals surface area contributed by atoms with E-state index in [0.29, 0.717) is 11.3 Å². The van der Waals surface area contributed by atoms with Crippen LogP contribution in [-0.4, -0.2) is 18.2 Å². The average molecular weight is 324 g/mol. The minimum Gasteiger partial charge on any atom is -0.497 e. The van der Waals surface area contributed by atoms with Crippen LogP contribution in [0.1, 0.15) is 15.9 Å². The molecule has 0 aliphatic carbocycles. The zero-order valence-electron chi connectivity index (χ0n) is 8.11. The van der Waals surface area contributed by atoms with E-state index < -0.39 is 25.8 Å². The van der Waals surface area contributed by atoms with Crippen LogP contribution in [0.5, 0.6) is 5.75 Å². The van der Waals surface area contributed by atoms with E-state index in [-0.39, 0.29) is 9.13 Å². The summed E-state index contributed by atoms with van der Waals surface area (Å²) < 4.78 is 26.7. The van der Waals surface area contributed by atoms with Gasteiger partial charge in [-0.25, -0.2) is 10.9 Å². The van der Waals surface area contributed by atoms with Gasteiger partial charge in [0, 0.05) is 0 Å². The molecule has 0 radical (unpaired) electrons. The van der Waals surface area contributed by atoms with E-state index in [0.717, 1.165) is 0 Å². The number of halogens is 1. The largest absolute Gasteiger partial charge is 0.497 e. The monoisotopic (exact) mass is 324 g/mol. The molecule has 0 aromatic heterocycles. The van der Waals surface area contributed by atoms with Crippen molar-refractivity contribution in [2.24, 2.45) is 0 Å². The third-order valence-electron chi connectivity index (χ3n) is 1.85. The van der Waals surface area contributed by atoms with Crippen molar-refractivity contribution in [3.8, 4) is 5.75 Å². The van der Waals surface area contributed by atoms with Gasteiger partial charge in [0.2, 0.25) is 0 Å². The maximum absolute atomic E-state index is 11.0. The number of hydrogen-bond donors (Lipinski definition) is 1. The summed E-state index contributed by atoms with van der Waals surface area (Å²) in [7, 11) is 1.39. The number of ether oxygens (including phenoxy) is 1. The van der Waals surface area contributed by atoms with E-state index in [1.54, 1.807) is 6.92 Å². The molecule has 0 atom stereocenters. The first kappa shape index (κ1) is 11.9. The maximum atomic E-state index is 11.0. The molecule has 1 aromatic rings. The lowest BCUT2D eigenvalue weighted by molar-refractivity contribution is 0.0695. The highest BCUT2D eigenvalue weighted by Crippen LogP contribution is 2.29. The highest BCUT2D eigenvalue weighted by molar-refractivity contribution is 14.2. The number of carboxylic acid groups (broad SMARTS) is 1. The van der Waals surface area contributed by atoms with Crippen molar-refractivity contribution in [1.29, 1.82) is 0 Å². The zero-order chi connectivity index (χ0) is 11.6. The molecule has 0 heterocycles. The topological polar surface area (TPSA) is 80.7 Å². The minimum absolute atomic E-state index is 0.0764. The Bertz CT molecular complexity index is 468. The van der Waals surface area contributed by atoms with Crippen molar-refractivity contribution >= 4 is 25.8 Å². The number of carbonyl (C=O) groups is 1. The van der Waals surface area contributed by atoms with Gasteiger partial charge in [-0.05, 0) is 24.6 Å². The van der Waals surface area contributed by atoms with Gasteiger partial charge in [-0.15, -0.1) is 0 Å². The number of carboxylic acids is 1. The van der Waals surface area contributed by atoms with E-state index in [9.17, 15) is 10.9 Å². The summed E-state index contributed by atoms with van der Waals surface area (Å²) in [5.41, 5.74) is 0.184. The molecule has 0 saturated carbocycles. The second-order valence-corrected chi connectivity index (χ2v) is 5.15. The smallest absolute Gasteiger partial charge is 0.341 e. The molecule has 82 valence electrons. The normalized spacial score (nSPS) is 10.3. The Morgan fingerprint density at radius 2 is 2.00 bits per heavy atom. The second-order valence-electron chi connectivity index (χ2n) is 2.83.